The molecule has 1 aromatic carbocycles. The molecule has 1 heterocycles. The van der Waals surface area contributed by atoms with Crippen LogP contribution in [-0.2, 0) is 9.59 Å². The lowest BCUT2D eigenvalue weighted by molar-refractivity contribution is -0.186. The molecule has 7 heteroatoms. The number of halogens is 3. The number of hydrogen-bond acceptors (Lipinski definition) is 2. The van der Waals surface area contributed by atoms with Crippen molar-refractivity contribution in [3.05, 3.63) is 35.9 Å². The maximum absolute atomic E-state index is 12.6. The molecule has 0 saturated carbocycles. The molecule has 0 spiro atoms. The summed E-state index contributed by atoms with van der Waals surface area (Å²) in [4.78, 5) is 26.0. The maximum atomic E-state index is 12.6. The van der Waals surface area contributed by atoms with Gasteiger partial charge in [-0.25, -0.2) is 0 Å². The average molecular weight is 342 g/mol. The van der Waals surface area contributed by atoms with Gasteiger partial charge in [-0.3, -0.25) is 9.59 Å². The van der Waals surface area contributed by atoms with E-state index in [-0.39, 0.29) is 24.3 Å². The summed E-state index contributed by atoms with van der Waals surface area (Å²) < 4.78 is 37.7. The fourth-order valence-electron chi connectivity index (χ4n) is 3.07. The van der Waals surface area contributed by atoms with E-state index in [1.54, 1.807) is 11.8 Å². The van der Waals surface area contributed by atoms with Gasteiger partial charge in [0.25, 0.3) is 0 Å². The fourth-order valence-corrected chi connectivity index (χ4v) is 3.07. The van der Waals surface area contributed by atoms with E-state index in [1.807, 2.05) is 37.3 Å². The Balaban J connectivity index is 2.07. The SMILES string of the molecule is C[C@H](c1ccccc1)N1C[C@H]([C@H](C)N(C)C(=O)C(F)(F)F)CC1=O. The van der Waals surface area contributed by atoms with Crippen LogP contribution in [0, 0.1) is 5.92 Å². The van der Waals surface area contributed by atoms with Crippen molar-refractivity contribution in [1.82, 2.24) is 9.80 Å². The van der Waals surface area contributed by atoms with E-state index in [0.717, 1.165) is 12.6 Å². The molecule has 0 unspecified atom stereocenters. The number of amides is 2. The van der Waals surface area contributed by atoms with Crippen LogP contribution in [-0.4, -0.2) is 47.4 Å². The fraction of sp³-hybridized carbons (Fsp3) is 0.529. The summed E-state index contributed by atoms with van der Waals surface area (Å²) >= 11 is 0. The second-order valence-corrected chi connectivity index (χ2v) is 6.25. The lowest BCUT2D eigenvalue weighted by Gasteiger charge is -2.31. The summed E-state index contributed by atoms with van der Waals surface area (Å²) in [6, 6.07) is 8.63. The van der Waals surface area contributed by atoms with Crippen LogP contribution in [0.15, 0.2) is 30.3 Å². The van der Waals surface area contributed by atoms with Gasteiger partial charge < -0.3 is 9.80 Å². The molecule has 3 atom stereocenters. The van der Waals surface area contributed by atoms with Gasteiger partial charge in [0.05, 0.1) is 6.04 Å². The molecule has 0 aliphatic carbocycles. The van der Waals surface area contributed by atoms with Crippen molar-refractivity contribution in [2.45, 2.75) is 38.5 Å². The highest BCUT2D eigenvalue weighted by Crippen LogP contribution is 2.32. The predicted octanol–water partition coefficient (Wildman–Crippen LogP) is 3.01. The molecular formula is C17H21F3N2O2. The van der Waals surface area contributed by atoms with Crippen LogP contribution >= 0.6 is 0 Å². The first kappa shape index (κ1) is 18.3. The van der Waals surface area contributed by atoms with Crippen molar-refractivity contribution in [2.24, 2.45) is 5.92 Å². The number of benzene rings is 1. The van der Waals surface area contributed by atoms with Crippen LogP contribution in [0.25, 0.3) is 0 Å². The number of hydrogen-bond donors (Lipinski definition) is 0. The summed E-state index contributed by atoms with van der Waals surface area (Å²) in [6.07, 6.45) is -4.75. The third-order valence-corrected chi connectivity index (χ3v) is 4.79. The Labute approximate surface area is 139 Å². The van der Waals surface area contributed by atoms with Crippen LogP contribution in [0.1, 0.15) is 31.9 Å². The van der Waals surface area contributed by atoms with Crippen molar-refractivity contribution in [3.63, 3.8) is 0 Å². The quantitative estimate of drug-likeness (QED) is 0.844. The molecule has 2 amide bonds. The van der Waals surface area contributed by atoms with Gasteiger partial charge >= 0.3 is 12.1 Å². The molecule has 1 aliphatic rings. The summed E-state index contributed by atoms with van der Waals surface area (Å²) in [5.41, 5.74) is 0.971. The Morgan fingerprint density at radius 1 is 1.25 bits per heavy atom. The van der Waals surface area contributed by atoms with Gasteiger partial charge in [-0.1, -0.05) is 30.3 Å². The number of likely N-dealkylation sites (tertiary alicyclic amines) is 1. The standard InChI is InChI=1S/C17H21F3N2O2/c1-11(21(3)16(24)17(18,19)20)14-9-15(23)22(10-14)12(2)13-7-5-4-6-8-13/h4-8,11-12,14H,9-10H2,1-3H3/t11-,12+,14+/m0/s1. The van der Waals surface area contributed by atoms with Crippen molar-refractivity contribution >= 4 is 11.8 Å². The molecular weight excluding hydrogens is 321 g/mol. The number of rotatable bonds is 4. The molecule has 0 radical (unpaired) electrons. The van der Waals surface area contributed by atoms with Crippen LogP contribution in [0.5, 0.6) is 0 Å². The zero-order valence-corrected chi connectivity index (χ0v) is 13.9. The second kappa shape index (κ2) is 6.83. The van der Waals surface area contributed by atoms with Gasteiger partial charge in [0, 0.05) is 32.0 Å². The summed E-state index contributed by atoms with van der Waals surface area (Å²) in [7, 11) is 1.13. The van der Waals surface area contributed by atoms with Gasteiger partial charge in [-0.15, -0.1) is 0 Å². The molecule has 4 nitrogen and oxygen atoms in total. The zero-order valence-electron chi connectivity index (χ0n) is 13.9. The Morgan fingerprint density at radius 3 is 2.38 bits per heavy atom. The topological polar surface area (TPSA) is 40.6 Å². The van der Waals surface area contributed by atoms with Crippen LogP contribution in [0.3, 0.4) is 0 Å². The molecule has 132 valence electrons. The minimum absolute atomic E-state index is 0.101. The van der Waals surface area contributed by atoms with Crippen LogP contribution in [0.2, 0.25) is 0 Å². The van der Waals surface area contributed by atoms with Gasteiger partial charge in [0.2, 0.25) is 5.91 Å². The van der Waals surface area contributed by atoms with Crippen molar-refractivity contribution in [1.29, 1.82) is 0 Å². The van der Waals surface area contributed by atoms with Gasteiger partial charge in [-0.05, 0) is 19.4 Å². The number of carbonyl (C=O) groups is 2. The normalized spacial score (nSPS) is 20.8. The summed E-state index contributed by atoms with van der Waals surface area (Å²) in [6.45, 7) is 3.79. The molecule has 0 bridgehead atoms. The average Bonchev–Trinajstić information content (AvgIpc) is 2.93. The maximum Gasteiger partial charge on any atom is 0.471 e. The summed E-state index contributed by atoms with van der Waals surface area (Å²) in [5, 5.41) is 0. The third kappa shape index (κ3) is 3.71. The van der Waals surface area contributed by atoms with E-state index in [0.29, 0.717) is 11.4 Å². The first-order valence-corrected chi connectivity index (χ1v) is 7.81. The zero-order chi connectivity index (χ0) is 18.1. The number of nitrogens with zero attached hydrogens (tertiary/aromatic N) is 2. The highest BCUT2D eigenvalue weighted by molar-refractivity contribution is 5.82. The van der Waals surface area contributed by atoms with Crippen molar-refractivity contribution in [3.8, 4) is 0 Å². The Bertz CT molecular complexity index is 604. The van der Waals surface area contributed by atoms with Crippen molar-refractivity contribution in [2.75, 3.05) is 13.6 Å². The van der Waals surface area contributed by atoms with Crippen molar-refractivity contribution < 1.29 is 22.8 Å². The van der Waals surface area contributed by atoms with Crippen LogP contribution in [0.4, 0.5) is 13.2 Å². The number of alkyl halides is 3. The molecule has 24 heavy (non-hydrogen) atoms. The Morgan fingerprint density at radius 2 is 1.83 bits per heavy atom. The monoisotopic (exact) mass is 342 g/mol. The van der Waals surface area contributed by atoms with Crippen LogP contribution < -0.4 is 0 Å². The van der Waals surface area contributed by atoms with E-state index in [1.165, 1.54) is 0 Å². The van der Waals surface area contributed by atoms with Gasteiger partial charge in [0.15, 0.2) is 0 Å². The largest absolute Gasteiger partial charge is 0.471 e. The molecule has 1 fully saturated rings. The smallest absolute Gasteiger partial charge is 0.336 e. The molecule has 0 N–H and O–H groups in total. The number of carbonyl (C=O) groups excluding carboxylic acids is 2. The Kier molecular flexibility index (Phi) is 5.20. The lowest BCUT2D eigenvalue weighted by Crippen LogP contribution is -2.46. The molecule has 1 aromatic rings. The minimum Gasteiger partial charge on any atom is -0.336 e. The summed E-state index contributed by atoms with van der Waals surface area (Å²) in [5.74, 6) is -2.30. The van der Waals surface area contributed by atoms with E-state index < -0.39 is 18.1 Å². The Hall–Kier alpha value is -2.05. The second-order valence-electron chi connectivity index (χ2n) is 6.25. The van der Waals surface area contributed by atoms with E-state index >= 15 is 0 Å². The van der Waals surface area contributed by atoms with E-state index in [9.17, 15) is 22.8 Å². The molecule has 2 rings (SSSR count). The predicted molar refractivity (Wildman–Crippen MR) is 83.0 cm³/mol. The molecule has 1 aliphatic heterocycles. The van der Waals surface area contributed by atoms with E-state index in [2.05, 4.69) is 0 Å². The molecule has 0 aromatic heterocycles. The minimum atomic E-state index is -4.90. The highest BCUT2D eigenvalue weighted by Gasteiger charge is 2.45. The van der Waals surface area contributed by atoms with E-state index in [4.69, 9.17) is 0 Å². The van der Waals surface area contributed by atoms with Gasteiger partial charge in [0.1, 0.15) is 0 Å². The highest BCUT2D eigenvalue weighted by atomic mass is 19.4. The molecule has 1 saturated heterocycles. The first-order valence-electron chi connectivity index (χ1n) is 7.81. The third-order valence-electron chi connectivity index (χ3n) is 4.79. The van der Waals surface area contributed by atoms with Gasteiger partial charge in [-0.2, -0.15) is 13.2 Å². The first-order chi connectivity index (χ1) is 11.1. The lowest BCUT2D eigenvalue weighted by atomic mass is 9.99.